The molecule has 0 aliphatic carbocycles. The lowest BCUT2D eigenvalue weighted by Gasteiger charge is -2.13. The Balaban J connectivity index is 1.52. The van der Waals surface area contributed by atoms with E-state index in [1.54, 1.807) is 22.7 Å². The van der Waals surface area contributed by atoms with Crippen molar-refractivity contribution in [3.05, 3.63) is 40.6 Å². The van der Waals surface area contributed by atoms with E-state index in [0.717, 1.165) is 52.6 Å². The lowest BCUT2D eigenvalue weighted by molar-refractivity contribution is 0.740. The lowest BCUT2D eigenvalue weighted by atomic mass is 10.2. The second-order valence-electron chi connectivity index (χ2n) is 5.58. The first-order chi connectivity index (χ1) is 11.8. The molecule has 0 amide bonds. The zero-order chi connectivity index (χ0) is 16.4. The summed E-state index contributed by atoms with van der Waals surface area (Å²) in [7, 11) is 0. The summed E-state index contributed by atoms with van der Waals surface area (Å²) in [4.78, 5) is 13.8. The molecule has 1 aliphatic heterocycles. The van der Waals surface area contributed by atoms with Gasteiger partial charge < -0.3 is 10.6 Å². The number of benzene rings is 1. The fourth-order valence-corrected chi connectivity index (χ4v) is 3.91. The van der Waals surface area contributed by atoms with Crippen LogP contribution >= 0.6 is 22.7 Å². The molecule has 2 aromatic heterocycles. The lowest BCUT2D eigenvalue weighted by Crippen LogP contribution is -2.35. The summed E-state index contributed by atoms with van der Waals surface area (Å²) >= 11 is 3.21. The van der Waals surface area contributed by atoms with Crippen LogP contribution in [0.15, 0.2) is 40.0 Å². The normalized spacial score (nSPS) is 14.1. The summed E-state index contributed by atoms with van der Waals surface area (Å²) in [6.45, 7) is 3.90. The zero-order valence-electron chi connectivity index (χ0n) is 13.2. The number of nitrogens with zero attached hydrogens (tertiary/aromatic N) is 3. The fraction of sp³-hybridized carbons (Fsp3) is 0.235. The van der Waals surface area contributed by atoms with Crippen molar-refractivity contribution >= 4 is 33.8 Å². The smallest absolute Gasteiger partial charge is 0.197 e. The molecule has 3 aromatic rings. The van der Waals surface area contributed by atoms with Gasteiger partial charge in [0.15, 0.2) is 11.1 Å². The molecule has 122 valence electrons. The Bertz CT molecular complexity index is 863. The van der Waals surface area contributed by atoms with Gasteiger partial charge in [-0.05, 0) is 13.3 Å². The van der Waals surface area contributed by atoms with Crippen molar-refractivity contribution in [2.45, 2.75) is 13.3 Å². The van der Waals surface area contributed by atoms with E-state index in [2.05, 4.69) is 57.2 Å². The Kier molecular flexibility index (Phi) is 4.27. The number of hydrogen-bond acceptors (Lipinski definition) is 7. The van der Waals surface area contributed by atoms with E-state index >= 15 is 0 Å². The number of aromatic nitrogens is 2. The van der Waals surface area contributed by atoms with Crippen LogP contribution in [0.4, 0.5) is 5.13 Å². The van der Waals surface area contributed by atoms with Crippen molar-refractivity contribution in [2.75, 3.05) is 18.4 Å². The maximum atomic E-state index is 4.73. The minimum Gasteiger partial charge on any atom is -0.356 e. The Morgan fingerprint density at radius 2 is 1.83 bits per heavy atom. The molecular weight excluding hydrogens is 338 g/mol. The van der Waals surface area contributed by atoms with Gasteiger partial charge in [-0.1, -0.05) is 29.8 Å². The zero-order valence-corrected chi connectivity index (χ0v) is 14.9. The number of anilines is 1. The molecule has 0 fully saturated rings. The minimum absolute atomic E-state index is 0.806. The molecule has 0 saturated carbocycles. The predicted molar refractivity (Wildman–Crippen MR) is 102 cm³/mol. The van der Waals surface area contributed by atoms with Gasteiger partial charge in [-0.25, -0.2) is 9.97 Å². The quantitative estimate of drug-likeness (QED) is 0.745. The standard InChI is InChI=1S/C17H17N5S2/c1-11-3-5-12(6-4-11)15-20-13(9-23-15)14-10-24-17(21-14)22-16-18-7-2-8-19-16/h3-6,9-10H,2,7-8H2,1H3,(H2,18,19,21,22). The number of thiazole rings is 2. The number of aliphatic imine (C=N–C) groups is 1. The Labute approximate surface area is 148 Å². The Hall–Kier alpha value is -2.25. The molecule has 0 atom stereocenters. The highest BCUT2D eigenvalue weighted by Gasteiger charge is 2.12. The average molecular weight is 355 g/mol. The molecule has 5 nitrogen and oxygen atoms in total. The largest absolute Gasteiger partial charge is 0.356 e. The van der Waals surface area contributed by atoms with E-state index in [9.17, 15) is 0 Å². The average Bonchev–Trinajstić information content (AvgIpc) is 3.26. The van der Waals surface area contributed by atoms with E-state index in [4.69, 9.17) is 4.98 Å². The van der Waals surface area contributed by atoms with Gasteiger partial charge in [-0.15, -0.1) is 22.7 Å². The van der Waals surface area contributed by atoms with Crippen LogP contribution in [0.3, 0.4) is 0 Å². The minimum atomic E-state index is 0.806. The van der Waals surface area contributed by atoms with Crippen molar-refractivity contribution in [2.24, 2.45) is 4.99 Å². The highest BCUT2D eigenvalue weighted by Crippen LogP contribution is 2.30. The van der Waals surface area contributed by atoms with Crippen LogP contribution in [-0.4, -0.2) is 29.0 Å². The molecule has 0 radical (unpaired) electrons. The first kappa shape index (κ1) is 15.3. The predicted octanol–water partition coefficient (Wildman–Crippen LogP) is 4.00. The Morgan fingerprint density at radius 1 is 1.04 bits per heavy atom. The molecule has 0 saturated heterocycles. The second kappa shape index (κ2) is 6.70. The molecule has 24 heavy (non-hydrogen) atoms. The van der Waals surface area contributed by atoms with E-state index in [-0.39, 0.29) is 0 Å². The first-order valence-electron chi connectivity index (χ1n) is 7.82. The third-order valence-electron chi connectivity index (χ3n) is 3.69. The molecule has 7 heteroatoms. The van der Waals surface area contributed by atoms with Crippen LogP contribution in [0, 0.1) is 6.92 Å². The van der Waals surface area contributed by atoms with Crippen LogP contribution in [-0.2, 0) is 0 Å². The van der Waals surface area contributed by atoms with E-state index in [1.165, 1.54) is 5.56 Å². The van der Waals surface area contributed by atoms with Gasteiger partial charge in [0.05, 0.1) is 0 Å². The van der Waals surface area contributed by atoms with Crippen molar-refractivity contribution in [3.63, 3.8) is 0 Å². The van der Waals surface area contributed by atoms with Crippen molar-refractivity contribution in [1.29, 1.82) is 0 Å². The second-order valence-corrected chi connectivity index (χ2v) is 7.29. The van der Waals surface area contributed by atoms with Crippen molar-refractivity contribution in [3.8, 4) is 22.0 Å². The van der Waals surface area contributed by atoms with Crippen LogP contribution in [0.5, 0.6) is 0 Å². The monoisotopic (exact) mass is 355 g/mol. The molecular formula is C17H17N5S2. The number of rotatable bonds is 3. The number of hydrogen-bond donors (Lipinski definition) is 2. The van der Waals surface area contributed by atoms with Gasteiger partial charge in [0.1, 0.15) is 16.4 Å². The van der Waals surface area contributed by atoms with E-state index in [1.807, 2.05) is 5.38 Å². The van der Waals surface area contributed by atoms with Crippen molar-refractivity contribution in [1.82, 2.24) is 15.3 Å². The van der Waals surface area contributed by atoms with Gasteiger partial charge in [0.2, 0.25) is 0 Å². The highest BCUT2D eigenvalue weighted by molar-refractivity contribution is 7.14. The molecule has 1 aliphatic rings. The van der Waals surface area contributed by atoms with Crippen molar-refractivity contribution < 1.29 is 0 Å². The maximum absolute atomic E-state index is 4.73. The molecule has 0 spiro atoms. The third kappa shape index (κ3) is 3.32. The number of guanidine groups is 1. The molecule has 3 heterocycles. The van der Waals surface area contributed by atoms with E-state index < -0.39 is 0 Å². The topological polar surface area (TPSA) is 62.2 Å². The summed E-state index contributed by atoms with van der Waals surface area (Å²) in [6, 6.07) is 8.44. The molecule has 0 unspecified atom stereocenters. The van der Waals surface area contributed by atoms with Crippen LogP contribution in [0.1, 0.15) is 12.0 Å². The number of aryl methyl sites for hydroxylation is 1. The Morgan fingerprint density at radius 3 is 2.62 bits per heavy atom. The summed E-state index contributed by atoms with van der Waals surface area (Å²) in [5.74, 6) is 0.806. The van der Waals surface area contributed by atoms with Gasteiger partial charge in [0, 0.05) is 29.4 Å². The summed E-state index contributed by atoms with van der Waals surface area (Å²) in [5.41, 5.74) is 4.21. The van der Waals surface area contributed by atoms with Gasteiger partial charge in [-0.2, -0.15) is 0 Å². The third-order valence-corrected chi connectivity index (χ3v) is 5.34. The fourth-order valence-electron chi connectivity index (χ4n) is 2.39. The van der Waals surface area contributed by atoms with Gasteiger partial charge in [-0.3, -0.25) is 4.99 Å². The highest BCUT2D eigenvalue weighted by atomic mass is 32.1. The molecule has 0 bridgehead atoms. The SMILES string of the molecule is Cc1ccc(-c2nc(-c3csc(NC4=NCCCN4)n3)cs2)cc1. The van der Waals surface area contributed by atoms with E-state index in [0.29, 0.717) is 0 Å². The summed E-state index contributed by atoms with van der Waals surface area (Å²) in [6.07, 6.45) is 1.08. The summed E-state index contributed by atoms with van der Waals surface area (Å²) in [5, 5.41) is 12.4. The first-order valence-corrected chi connectivity index (χ1v) is 9.58. The van der Waals surface area contributed by atoms with Crippen LogP contribution < -0.4 is 10.6 Å². The number of nitrogens with one attached hydrogen (secondary N) is 2. The maximum Gasteiger partial charge on any atom is 0.197 e. The van der Waals surface area contributed by atoms with Crippen LogP contribution in [0.2, 0.25) is 0 Å². The van der Waals surface area contributed by atoms with Gasteiger partial charge in [0.25, 0.3) is 0 Å². The molecule has 1 aromatic carbocycles. The molecule has 4 rings (SSSR count). The van der Waals surface area contributed by atoms with Crippen LogP contribution in [0.25, 0.3) is 22.0 Å². The van der Waals surface area contributed by atoms with Gasteiger partial charge >= 0.3 is 0 Å². The summed E-state index contributed by atoms with van der Waals surface area (Å²) < 4.78 is 0. The molecule has 2 N–H and O–H groups in total.